The number of carbonyl (C=O) groups is 1. The lowest BCUT2D eigenvalue weighted by Crippen LogP contribution is -2.45. The van der Waals surface area contributed by atoms with Crippen molar-refractivity contribution in [1.82, 2.24) is 10.6 Å². The molecule has 0 radical (unpaired) electrons. The molecule has 3 rings (SSSR count). The van der Waals surface area contributed by atoms with E-state index in [2.05, 4.69) is 21.7 Å². The van der Waals surface area contributed by atoms with Crippen molar-refractivity contribution < 1.29 is 9.90 Å². The number of rotatable bonds is 6. The first-order valence-corrected chi connectivity index (χ1v) is 10.1. The Balaban J connectivity index is 0.00000280. The third-order valence-electron chi connectivity index (χ3n) is 4.65. The summed E-state index contributed by atoms with van der Waals surface area (Å²) >= 11 is 1.55. The standard InChI is InChI=1S/C20H26N4O2S.HI/c1-3-21-19(23-14-20(2,26)16-9-11-27-13-16)22-12-18(25)24-10-8-15-6-4-5-7-17(15)24;/h4-7,9,11,13,26H,3,8,10,12,14H2,1-2H3,(H2,21,22,23);1H. The van der Waals surface area contributed by atoms with Gasteiger partial charge >= 0.3 is 0 Å². The van der Waals surface area contributed by atoms with Gasteiger partial charge in [-0.25, -0.2) is 4.99 Å². The third-order valence-corrected chi connectivity index (χ3v) is 5.33. The van der Waals surface area contributed by atoms with Gasteiger partial charge in [-0.2, -0.15) is 11.3 Å². The Morgan fingerprint density at radius 3 is 2.82 bits per heavy atom. The number of halogens is 1. The Morgan fingerprint density at radius 2 is 2.11 bits per heavy atom. The maximum absolute atomic E-state index is 12.6. The zero-order valence-electron chi connectivity index (χ0n) is 16.1. The normalized spacial score (nSPS) is 15.4. The fraction of sp³-hybridized carbons (Fsp3) is 0.400. The van der Waals surface area contributed by atoms with E-state index in [1.165, 1.54) is 5.56 Å². The van der Waals surface area contributed by atoms with Crippen LogP contribution in [-0.2, 0) is 16.8 Å². The molecule has 2 aromatic rings. The Bertz CT molecular complexity index is 808. The molecule has 3 N–H and O–H groups in total. The lowest BCUT2D eigenvalue weighted by molar-refractivity contribution is -0.117. The number of carbonyl (C=O) groups excluding carboxylic acids is 1. The van der Waals surface area contributed by atoms with Crippen LogP contribution >= 0.6 is 35.3 Å². The van der Waals surface area contributed by atoms with E-state index in [4.69, 9.17) is 0 Å². The fourth-order valence-corrected chi connectivity index (χ4v) is 3.88. The van der Waals surface area contributed by atoms with Crippen molar-refractivity contribution in [2.24, 2.45) is 4.99 Å². The SMILES string of the molecule is CCNC(=NCC(=O)N1CCc2ccccc21)NCC(C)(O)c1ccsc1.I. The molecule has 1 aliphatic rings. The van der Waals surface area contributed by atoms with Crippen LogP contribution in [0.3, 0.4) is 0 Å². The lowest BCUT2D eigenvalue weighted by atomic mass is 9.99. The van der Waals surface area contributed by atoms with Crippen molar-refractivity contribution in [2.75, 3.05) is 31.1 Å². The lowest BCUT2D eigenvalue weighted by Gasteiger charge is -2.24. The summed E-state index contributed by atoms with van der Waals surface area (Å²) in [6, 6.07) is 9.89. The molecule has 1 atom stereocenters. The summed E-state index contributed by atoms with van der Waals surface area (Å²) in [5, 5.41) is 20.8. The summed E-state index contributed by atoms with van der Waals surface area (Å²) in [6.45, 7) is 5.46. The van der Waals surface area contributed by atoms with Crippen LogP contribution in [0.5, 0.6) is 0 Å². The summed E-state index contributed by atoms with van der Waals surface area (Å²) in [5.41, 5.74) is 2.04. The predicted octanol–water partition coefficient (Wildman–Crippen LogP) is 2.72. The first kappa shape index (κ1) is 22.6. The molecule has 1 aromatic carbocycles. The van der Waals surface area contributed by atoms with E-state index in [1.807, 2.05) is 41.9 Å². The maximum Gasteiger partial charge on any atom is 0.248 e. The molecule has 1 unspecified atom stereocenters. The van der Waals surface area contributed by atoms with Gasteiger partial charge in [0.15, 0.2) is 5.96 Å². The minimum absolute atomic E-state index is 0. The molecule has 2 heterocycles. The number of fused-ring (bicyclic) bond motifs is 1. The van der Waals surface area contributed by atoms with Crippen LogP contribution in [-0.4, -0.2) is 43.2 Å². The van der Waals surface area contributed by atoms with Crippen molar-refractivity contribution in [1.29, 1.82) is 0 Å². The molecular formula is C20H27IN4O2S. The monoisotopic (exact) mass is 514 g/mol. The number of nitrogens with one attached hydrogen (secondary N) is 2. The number of aliphatic imine (C=N–C) groups is 1. The first-order chi connectivity index (χ1) is 13.0. The number of benzene rings is 1. The molecule has 1 amide bonds. The summed E-state index contributed by atoms with van der Waals surface area (Å²) in [7, 11) is 0. The molecule has 1 aromatic heterocycles. The van der Waals surface area contributed by atoms with Gasteiger partial charge in [0.1, 0.15) is 12.1 Å². The second-order valence-corrected chi connectivity index (χ2v) is 7.54. The van der Waals surface area contributed by atoms with Crippen molar-refractivity contribution in [3.8, 4) is 0 Å². The minimum atomic E-state index is -1.01. The number of aliphatic hydroxyl groups is 1. The summed E-state index contributed by atoms with van der Waals surface area (Å²) in [5.74, 6) is 0.496. The molecule has 0 spiro atoms. The molecule has 0 fully saturated rings. The zero-order valence-corrected chi connectivity index (χ0v) is 19.3. The Morgan fingerprint density at radius 1 is 1.32 bits per heavy atom. The van der Waals surface area contributed by atoms with Gasteiger partial charge in [0.25, 0.3) is 0 Å². The van der Waals surface area contributed by atoms with Crippen LogP contribution in [0, 0.1) is 0 Å². The number of thiophene rings is 1. The number of anilines is 1. The number of nitrogens with zero attached hydrogens (tertiary/aromatic N) is 2. The van der Waals surface area contributed by atoms with Crippen LogP contribution in [0.25, 0.3) is 0 Å². The van der Waals surface area contributed by atoms with E-state index >= 15 is 0 Å². The fourth-order valence-electron chi connectivity index (χ4n) is 3.10. The van der Waals surface area contributed by atoms with E-state index in [0.29, 0.717) is 25.6 Å². The van der Waals surface area contributed by atoms with Crippen LogP contribution in [0.1, 0.15) is 25.0 Å². The number of amides is 1. The molecule has 0 aliphatic carbocycles. The van der Waals surface area contributed by atoms with Crippen molar-refractivity contribution in [2.45, 2.75) is 25.9 Å². The van der Waals surface area contributed by atoms with Crippen LogP contribution < -0.4 is 15.5 Å². The molecular weight excluding hydrogens is 487 g/mol. The second-order valence-electron chi connectivity index (χ2n) is 6.76. The Labute approximate surface area is 187 Å². The molecule has 28 heavy (non-hydrogen) atoms. The highest BCUT2D eigenvalue weighted by Crippen LogP contribution is 2.27. The topological polar surface area (TPSA) is 77.0 Å². The van der Waals surface area contributed by atoms with Crippen LogP contribution in [0.2, 0.25) is 0 Å². The first-order valence-electron chi connectivity index (χ1n) is 9.17. The van der Waals surface area contributed by atoms with Gasteiger partial charge in [-0.15, -0.1) is 24.0 Å². The van der Waals surface area contributed by atoms with E-state index in [9.17, 15) is 9.90 Å². The highest BCUT2D eigenvalue weighted by atomic mass is 127. The highest BCUT2D eigenvalue weighted by Gasteiger charge is 2.25. The molecule has 0 saturated heterocycles. The highest BCUT2D eigenvalue weighted by molar-refractivity contribution is 14.0. The Kier molecular flexibility index (Phi) is 8.26. The van der Waals surface area contributed by atoms with E-state index in [0.717, 1.165) is 17.7 Å². The smallest absolute Gasteiger partial charge is 0.248 e. The van der Waals surface area contributed by atoms with Gasteiger partial charge in [0.05, 0.1) is 6.54 Å². The molecule has 1 aliphatic heterocycles. The largest absolute Gasteiger partial charge is 0.384 e. The van der Waals surface area contributed by atoms with Crippen molar-refractivity contribution in [3.63, 3.8) is 0 Å². The Hall–Kier alpha value is -1.65. The zero-order chi connectivity index (χ0) is 19.3. The number of guanidine groups is 1. The minimum Gasteiger partial charge on any atom is -0.384 e. The summed E-state index contributed by atoms with van der Waals surface area (Å²) < 4.78 is 0. The van der Waals surface area contributed by atoms with Gasteiger partial charge in [0.2, 0.25) is 5.91 Å². The third kappa shape index (κ3) is 5.45. The summed E-state index contributed by atoms with van der Waals surface area (Å²) in [4.78, 5) is 18.8. The van der Waals surface area contributed by atoms with Crippen LogP contribution in [0.15, 0.2) is 46.1 Å². The summed E-state index contributed by atoms with van der Waals surface area (Å²) in [6.07, 6.45) is 0.882. The van der Waals surface area contributed by atoms with E-state index in [1.54, 1.807) is 23.2 Å². The second kappa shape index (κ2) is 10.2. The quantitative estimate of drug-likeness (QED) is 0.315. The van der Waals surface area contributed by atoms with Crippen LogP contribution in [0.4, 0.5) is 5.69 Å². The maximum atomic E-state index is 12.6. The van der Waals surface area contributed by atoms with Gasteiger partial charge in [-0.3, -0.25) is 4.79 Å². The molecule has 0 bridgehead atoms. The average Bonchev–Trinajstić information content (AvgIpc) is 3.34. The number of hydrogen-bond donors (Lipinski definition) is 3. The van der Waals surface area contributed by atoms with Gasteiger partial charge < -0.3 is 20.6 Å². The number of hydrogen-bond acceptors (Lipinski definition) is 4. The van der Waals surface area contributed by atoms with Gasteiger partial charge in [-0.1, -0.05) is 18.2 Å². The average molecular weight is 514 g/mol. The molecule has 0 saturated carbocycles. The van der Waals surface area contributed by atoms with Gasteiger partial charge in [-0.05, 0) is 54.3 Å². The predicted molar refractivity (Wildman–Crippen MR) is 126 cm³/mol. The van der Waals surface area contributed by atoms with Gasteiger partial charge in [0, 0.05) is 18.8 Å². The van der Waals surface area contributed by atoms with E-state index < -0.39 is 5.60 Å². The van der Waals surface area contributed by atoms with Crippen molar-refractivity contribution in [3.05, 3.63) is 52.2 Å². The van der Waals surface area contributed by atoms with Crippen molar-refractivity contribution >= 4 is 52.9 Å². The molecule has 8 heteroatoms. The number of para-hydroxylation sites is 1. The molecule has 6 nitrogen and oxygen atoms in total. The molecule has 152 valence electrons. The van der Waals surface area contributed by atoms with E-state index in [-0.39, 0.29) is 36.4 Å².